The first-order valence-corrected chi connectivity index (χ1v) is 9.45. The van der Waals surface area contributed by atoms with Gasteiger partial charge in [-0.25, -0.2) is 4.98 Å². The predicted molar refractivity (Wildman–Crippen MR) is 95.6 cm³/mol. The number of carbonyl (C=O) groups excluding carboxylic acids is 2. The Balaban J connectivity index is 1.44. The molecule has 0 atom stereocenters. The molecule has 2 aromatic heterocycles. The molecule has 25 heavy (non-hydrogen) atoms. The first kappa shape index (κ1) is 16.2. The van der Waals surface area contributed by atoms with E-state index in [1.54, 1.807) is 22.4 Å². The van der Waals surface area contributed by atoms with Gasteiger partial charge in [-0.05, 0) is 37.6 Å². The van der Waals surface area contributed by atoms with E-state index in [2.05, 4.69) is 9.97 Å². The number of likely N-dealkylation sites (tertiary alicyclic amines) is 1. The summed E-state index contributed by atoms with van der Waals surface area (Å²) in [6.45, 7) is 3.80. The molecule has 7 heteroatoms. The van der Waals surface area contributed by atoms with Crippen molar-refractivity contribution in [1.29, 1.82) is 0 Å². The number of thiophene rings is 1. The summed E-state index contributed by atoms with van der Waals surface area (Å²) >= 11 is 1.61. The zero-order chi connectivity index (χ0) is 17.4. The number of hydrogen-bond donors (Lipinski definition) is 0. The van der Waals surface area contributed by atoms with Crippen LogP contribution >= 0.6 is 11.3 Å². The lowest BCUT2D eigenvalue weighted by Gasteiger charge is -2.37. The number of nitrogens with zero attached hydrogens (tertiary/aromatic N) is 4. The molecule has 0 aromatic carbocycles. The summed E-state index contributed by atoms with van der Waals surface area (Å²) in [7, 11) is 0. The van der Waals surface area contributed by atoms with E-state index in [1.165, 1.54) is 6.20 Å². The third-order valence-electron chi connectivity index (χ3n) is 5.34. The van der Waals surface area contributed by atoms with Crippen LogP contribution in [0.3, 0.4) is 0 Å². The first-order chi connectivity index (χ1) is 12.1. The Morgan fingerprint density at radius 3 is 2.56 bits per heavy atom. The van der Waals surface area contributed by atoms with E-state index < -0.39 is 0 Å². The number of piperidine rings is 1. The van der Waals surface area contributed by atoms with Gasteiger partial charge in [-0.2, -0.15) is 11.3 Å². The third kappa shape index (κ3) is 2.82. The summed E-state index contributed by atoms with van der Waals surface area (Å²) in [5.74, 6) is 0.121. The molecule has 130 valence electrons. The SMILES string of the molecule is Cc1cnc(C(=O)N2CCC3(CC2)CCN(c2ccsc2)C3=O)cn1. The molecular formula is C18H20N4O2S. The molecule has 4 rings (SSSR count). The summed E-state index contributed by atoms with van der Waals surface area (Å²) < 4.78 is 0. The van der Waals surface area contributed by atoms with Gasteiger partial charge in [0.25, 0.3) is 5.91 Å². The van der Waals surface area contributed by atoms with E-state index in [0.29, 0.717) is 18.8 Å². The molecule has 0 N–H and O–H groups in total. The van der Waals surface area contributed by atoms with E-state index in [-0.39, 0.29) is 17.2 Å². The van der Waals surface area contributed by atoms with Crippen LogP contribution in [0.2, 0.25) is 0 Å². The molecule has 0 bridgehead atoms. The van der Waals surface area contributed by atoms with E-state index in [1.807, 2.05) is 28.7 Å². The summed E-state index contributed by atoms with van der Waals surface area (Å²) in [5.41, 5.74) is 1.86. The van der Waals surface area contributed by atoms with Crippen LogP contribution in [0, 0.1) is 12.3 Å². The molecule has 2 aromatic rings. The Labute approximate surface area is 150 Å². The van der Waals surface area contributed by atoms with Gasteiger partial charge in [-0.3, -0.25) is 14.6 Å². The molecular weight excluding hydrogens is 336 g/mol. The predicted octanol–water partition coefficient (Wildman–Crippen LogP) is 2.51. The highest BCUT2D eigenvalue weighted by molar-refractivity contribution is 7.08. The number of aromatic nitrogens is 2. The lowest BCUT2D eigenvalue weighted by atomic mass is 9.77. The summed E-state index contributed by atoms with van der Waals surface area (Å²) in [4.78, 5) is 37.6. The van der Waals surface area contributed by atoms with Gasteiger partial charge in [-0.1, -0.05) is 0 Å². The number of carbonyl (C=O) groups is 2. The fourth-order valence-electron chi connectivity index (χ4n) is 3.74. The van der Waals surface area contributed by atoms with Crippen LogP contribution in [0.4, 0.5) is 5.69 Å². The lowest BCUT2D eigenvalue weighted by molar-refractivity contribution is -0.127. The van der Waals surface area contributed by atoms with Crippen LogP contribution in [0.5, 0.6) is 0 Å². The van der Waals surface area contributed by atoms with Crippen molar-refractivity contribution in [2.24, 2.45) is 5.41 Å². The normalized spacial score (nSPS) is 19.6. The Hall–Kier alpha value is -2.28. The van der Waals surface area contributed by atoms with Gasteiger partial charge < -0.3 is 9.80 Å². The van der Waals surface area contributed by atoms with Crippen LogP contribution in [0.1, 0.15) is 35.4 Å². The number of aryl methyl sites for hydroxylation is 1. The molecule has 2 amide bonds. The number of hydrogen-bond acceptors (Lipinski definition) is 5. The molecule has 1 spiro atoms. The van der Waals surface area contributed by atoms with Crippen LogP contribution in [-0.4, -0.2) is 46.3 Å². The molecule has 0 aliphatic carbocycles. The molecule has 0 saturated carbocycles. The summed E-state index contributed by atoms with van der Waals surface area (Å²) in [6, 6.07) is 2.00. The molecule has 6 nitrogen and oxygen atoms in total. The van der Waals surface area contributed by atoms with Gasteiger partial charge in [0.05, 0.1) is 23.0 Å². The quantitative estimate of drug-likeness (QED) is 0.829. The van der Waals surface area contributed by atoms with Crippen molar-refractivity contribution in [3.8, 4) is 0 Å². The molecule has 2 saturated heterocycles. The topological polar surface area (TPSA) is 66.4 Å². The van der Waals surface area contributed by atoms with Crippen molar-refractivity contribution in [2.75, 3.05) is 24.5 Å². The average Bonchev–Trinajstić information content (AvgIpc) is 3.26. The van der Waals surface area contributed by atoms with Crippen LogP contribution in [0.15, 0.2) is 29.2 Å². The fourth-order valence-corrected chi connectivity index (χ4v) is 4.39. The van der Waals surface area contributed by atoms with Crippen molar-refractivity contribution in [1.82, 2.24) is 14.9 Å². The maximum atomic E-state index is 13.0. The molecule has 2 fully saturated rings. The second-order valence-electron chi connectivity index (χ2n) is 6.80. The Kier molecular flexibility index (Phi) is 4.03. The monoisotopic (exact) mass is 356 g/mol. The number of amides is 2. The number of anilines is 1. The van der Waals surface area contributed by atoms with Gasteiger partial charge in [0.15, 0.2) is 0 Å². The molecule has 4 heterocycles. The van der Waals surface area contributed by atoms with Crippen molar-refractivity contribution < 1.29 is 9.59 Å². The maximum Gasteiger partial charge on any atom is 0.274 e. The van der Waals surface area contributed by atoms with Crippen molar-refractivity contribution in [3.05, 3.63) is 40.6 Å². The van der Waals surface area contributed by atoms with Crippen LogP contribution < -0.4 is 4.90 Å². The minimum absolute atomic E-state index is 0.0949. The van der Waals surface area contributed by atoms with Gasteiger partial charge in [0, 0.05) is 31.2 Å². The zero-order valence-electron chi connectivity index (χ0n) is 14.1. The molecule has 2 aliphatic heterocycles. The van der Waals surface area contributed by atoms with Crippen LogP contribution in [0.25, 0.3) is 0 Å². The van der Waals surface area contributed by atoms with Gasteiger partial charge in [-0.15, -0.1) is 0 Å². The largest absolute Gasteiger partial charge is 0.337 e. The Bertz CT molecular complexity index is 780. The highest BCUT2D eigenvalue weighted by Gasteiger charge is 2.49. The minimum atomic E-state index is -0.308. The number of rotatable bonds is 2. The second kappa shape index (κ2) is 6.22. The first-order valence-electron chi connectivity index (χ1n) is 8.51. The summed E-state index contributed by atoms with van der Waals surface area (Å²) in [5, 5.41) is 4.02. The smallest absolute Gasteiger partial charge is 0.274 e. The Morgan fingerprint density at radius 2 is 1.92 bits per heavy atom. The van der Waals surface area contributed by atoms with Gasteiger partial charge in [0.1, 0.15) is 5.69 Å². The maximum absolute atomic E-state index is 13.0. The highest BCUT2D eigenvalue weighted by Crippen LogP contribution is 2.43. The van der Waals surface area contributed by atoms with Crippen LogP contribution in [-0.2, 0) is 4.79 Å². The molecule has 2 aliphatic rings. The zero-order valence-corrected chi connectivity index (χ0v) is 15.0. The van der Waals surface area contributed by atoms with E-state index in [0.717, 1.165) is 37.2 Å². The van der Waals surface area contributed by atoms with Crippen molar-refractivity contribution in [3.63, 3.8) is 0 Å². The van der Waals surface area contributed by atoms with E-state index in [9.17, 15) is 9.59 Å². The summed E-state index contributed by atoms with van der Waals surface area (Å²) in [6.07, 6.45) is 5.45. The van der Waals surface area contributed by atoms with E-state index in [4.69, 9.17) is 0 Å². The molecule has 0 radical (unpaired) electrons. The fraction of sp³-hybridized carbons (Fsp3) is 0.444. The Morgan fingerprint density at radius 1 is 1.16 bits per heavy atom. The minimum Gasteiger partial charge on any atom is -0.337 e. The van der Waals surface area contributed by atoms with Crippen molar-refractivity contribution >= 4 is 28.8 Å². The van der Waals surface area contributed by atoms with Gasteiger partial charge >= 0.3 is 0 Å². The van der Waals surface area contributed by atoms with Gasteiger partial charge in [0.2, 0.25) is 5.91 Å². The second-order valence-corrected chi connectivity index (χ2v) is 7.58. The third-order valence-corrected chi connectivity index (χ3v) is 6.01. The lowest BCUT2D eigenvalue weighted by Crippen LogP contribution is -2.46. The molecule has 0 unspecified atom stereocenters. The van der Waals surface area contributed by atoms with E-state index >= 15 is 0 Å². The average molecular weight is 356 g/mol. The van der Waals surface area contributed by atoms with Crippen molar-refractivity contribution in [2.45, 2.75) is 26.2 Å². The standard InChI is InChI=1S/C18H20N4O2S/c1-13-10-20-15(11-19-13)16(23)21-6-3-18(4-7-21)5-8-22(17(18)24)14-2-9-25-12-14/h2,9-12H,3-8H2,1H3. The highest BCUT2D eigenvalue weighted by atomic mass is 32.1.